The van der Waals surface area contributed by atoms with Gasteiger partial charge in [-0.3, -0.25) is 0 Å². The molecule has 2 rings (SSSR count). The van der Waals surface area contributed by atoms with Crippen LogP contribution in [0.2, 0.25) is 0 Å². The lowest BCUT2D eigenvalue weighted by Crippen LogP contribution is -2.13. The zero-order valence-corrected chi connectivity index (χ0v) is 14.0. The highest BCUT2D eigenvalue weighted by Crippen LogP contribution is 2.39. The summed E-state index contributed by atoms with van der Waals surface area (Å²) in [6, 6.07) is 14.8. The van der Waals surface area contributed by atoms with Crippen molar-refractivity contribution in [3.8, 4) is 11.1 Å². The Balaban J connectivity index is 2.57. The maximum absolute atomic E-state index is 3.70. The molecule has 0 saturated carbocycles. The van der Waals surface area contributed by atoms with E-state index in [9.17, 15) is 0 Å². The molecule has 0 aromatic heterocycles. The highest BCUT2D eigenvalue weighted by atomic mass is 79.9. The van der Waals surface area contributed by atoms with Gasteiger partial charge in [-0.25, -0.2) is 0 Å². The van der Waals surface area contributed by atoms with Gasteiger partial charge in [0.1, 0.15) is 0 Å². The van der Waals surface area contributed by atoms with Crippen LogP contribution in [0, 0.1) is 0 Å². The Labute approximate surface area is 126 Å². The van der Waals surface area contributed by atoms with Gasteiger partial charge in [0.15, 0.2) is 0 Å². The molecule has 0 N–H and O–H groups in total. The van der Waals surface area contributed by atoms with E-state index < -0.39 is 0 Å². The van der Waals surface area contributed by atoms with Crippen molar-refractivity contribution in [1.82, 2.24) is 0 Å². The van der Waals surface area contributed by atoms with Crippen LogP contribution in [-0.4, -0.2) is 0 Å². The third kappa shape index (κ3) is 2.86. The summed E-state index contributed by atoms with van der Waals surface area (Å²) in [6.45, 7) is 6.67. The van der Waals surface area contributed by atoms with Gasteiger partial charge in [-0.2, -0.15) is 0 Å². The van der Waals surface area contributed by atoms with Gasteiger partial charge < -0.3 is 0 Å². The topological polar surface area (TPSA) is 0 Å². The highest BCUT2D eigenvalue weighted by Gasteiger charge is 2.21. The highest BCUT2D eigenvalue weighted by molar-refractivity contribution is 9.11. The van der Waals surface area contributed by atoms with E-state index in [1.54, 1.807) is 0 Å². The zero-order chi connectivity index (χ0) is 13.3. The molecular formula is C16H16Br2. The van der Waals surface area contributed by atoms with Gasteiger partial charge in [-0.15, -0.1) is 0 Å². The Morgan fingerprint density at radius 2 is 1.28 bits per heavy atom. The normalized spacial score (nSPS) is 11.6. The van der Waals surface area contributed by atoms with Crippen LogP contribution in [-0.2, 0) is 5.41 Å². The molecule has 2 aromatic carbocycles. The molecular weight excluding hydrogens is 352 g/mol. The minimum absolute atomic E-state index is 0.118. The van der Waals surface area contributed by atoms with Crippen molar-refractivity contribution < 1.29 is 0 Å². The molecule has 2 heteroatoms. The molecule has 0 bridgehead atoms. The third-order valence-corrected chi connectivity index (χ3v) is 4.15. The van der Waals surface area contributed by atoms with E-state index in [0.717, 1.165) is 8.95 Å². The Morgan fingerprint density at radius 1 is 0.778 bits per heavy atom. The van der Waals surface area contributed by atoms with Crippen molar-refractivity contribution in [1.29, 1.82) is 0 Å². The summed E-state index contributed by atoms with van der Waals surface area (Å²) in [5.74, 6) is 0. The number of hydrogen-bond acceptors (Lipinski definition) is 0. The van der Waals surface area contributed by atoms with Crippen LogP contribution in [0.25, 0.3) is 11.1 Å². The van der Waals surface area contributed by atoms with Crippen molar-refractivity contribution >= 4 is 31.9 Å². The average molecular weight is 368 g/mol. The molecule has 0 atom stereocenters. The third-order valence-electron chi connectivity index (χ3n) is 2.90. The Kier molecular flexibility index (Phi) is 3.98. The van der Waals surface area contributed by atoms with Gasteiger partial charge in [0.05, 0.1) is 0 Å². The second-order valence-corrected chi connectivity index (χ2v) is 7.14. The molecule has 0 aliphatic carbocycles. The Bertz CT molecular complexity index is 528. The molecule has 0 unspecified atom stereocenters. The van der Waals surface area contributed by atoms with Crippen LogP contribution >= 0.6 is 31.9 Å². The van der Waals surface area contributed by atoms with Gasteiger partial charge >= 0.3 is 0 Å². The number of hydrogen-bond donors (Lipinski definition) is 0. The molecule has 18 heavy (non-hydrogen) atoms. The van der Waals surface area contributed by atoms with Gasteiger partial charge in [0.25, 0.3) is 0 Å². The quantitative estimate of drug-likeness (QED) is 0.564. The monoisotopic (exact) mass is 366 g/mol. The Morgan fingerprint density at radius 3 is 1.72 bits per heavy atom. The fourth-order valence-electron chi connectivity index (χ4n) is 2.09. The lowest BCUT2D eigenvalue weighted by atomic mass is 9.86. The molecule has 0 saturated heterocycles. The van der Waals surface area contributed by atoms with E-state index >= 15 is 0 Å². The molecule has 94 valence electrons. The SMILES string of the molecule is CC(C)(C)c1c(Br)cc(-c2ccccc2)cc1Br. The fraction of sp³-hybridized carbons (Fsp3) is 0.250. The minimum atomic E-state index is 0.118. The standard InChI is InChI=1S/C16H16Br2/c1-16(2,3)15-13(17)9-12(10-14(15)18)11-7-5-4-6-8-11/h4-10H,1-3H3. The van der Waals surface area contributed by atoms with Crippen molar-refractivity contribution in [2.45, 2.75) is 26.2 Å². The van der Waals surface area contributed by atoms with Crippen LogP contribution in [0.1, 0.15) is 26.3 Å². The van der Waals surface area contributed by atoms with Crippen molar-refractivity contribution in [3.63, 3.8) is 0 Å². The predicted octanol–water partition coefficient (Wildman–Crippen LogP) is 6.18. The molecule has 0 radical (unpaired) electrons. The summed E-state index contributed by atoms with van der Waals surface area (Å²) in [6.07, 6.45) is 0. The lowest BCUT2D eigenvalue weighted by molar-refractivity contribution is 0.584. The van der Waals surface area contributed by atoms with Crippen molar-refractivity contribution in [3.05, 3.63) is 57.0 Å². The molecule has 2 aromatic rings. The van der Waals surface area contributed by atoms with Gasteiger partial charge in [-0.1, -0.05) is 83.0 Å². The summed E-state index contributed by atoms with van der Waals surface area (Å²) in [7, 11) is 0. The summed E-state index contributed by atoms with van der Waals surface area (Å²) in [4.78, 5) is 0. The second kappa shape index (κ2) is 5.18. The molecule has 0 heterocycles. The number of rotatable bonds is 1. The zero-order valence-electron chi connectivity index (χ0n) is 10.8. The summed E-state index contributed by atoms with van der Waals surface area (Å²) in [5, 5.41) is 0. The van der Waals surface area contributed by atoms with Crippen LogP contribution in [0.5, 0.6) is 0 Å². The first-order valence-corrected chi connectivity index (χ1v) is 7.53. The number of halogens is 2. The summed E-state index contributed by atoms with van der Waals surface area (Å²) < 4.78 is 2.31. The van der Waals surface area contributed by atoms with E-state index in [0.29, 0.717) is 0 Å². The first-order chi connectivity index (χ1) is 8.39. The molecule has 0 aliphatic rings. The average Bonchev–Trinajstić information content (AvgIpc) is 2.27. The van der Waals surface area contributed by atoms with E-state index in [1.807, 2.05) is 6.07 Å². The Hall–Kier alpha value is -0.600. The largest absolute Gasteiger partial charge is 0.0622 e. The van der Waals surface area contributed by atoms with Gasteiger partial charge in [-0.05, 0) is 34.2 Å². The van der Waals surface area contributed by atoms with Crippen molar-refractivity contribution in [2.24, 2.45) is 0 Å². The van der Waals surface area contributed by atoms with Crippen LogP contribution < -0.4 is 0 Å². The van der Waals surface area contributed by atoms with Crippen LogP contribution in [0.3, 0.4) is 0 Å². The fourth-order valence-corrected chi connectivity index (χ4v) is 4.46. The minimum Gasteiger partial charge on any atom is -0.0622 e. The molecule has 0 fully saturated rings. The van der Waals surface area contributed by atoms with Gasteiger partial charge in [0.2, 0.25) is 0 Å². The lowest BCUT2D eigenvalue weighted by Gasteiger charge is -2.23. The van der Waals surface area contributed by atoms with E-state index in [1.165, 1.54) is 16.7 Å². The molecule has 0 amide bonds. The first kappa shape index (κ1) is 13.8. The van der Waals surface area contributed by atoms with E-state index in [4.69, 9.17) is 0 Å². The smallest absolute Gasteiger partial charge is 0.0230 e. The van der Waals surface area contributed by atoms with Crippen molar-refractivity contribution in [2.75, 3.05) is 0 Å². The van der Waals surface area contributed by atoms with Gasteiger partial charge in [0, 0.05) is 8.95 Å². The second-order valence-electron chi connectivity index (χ2n) is 5.43. The predicted molar refractivity (Wildman–Crippen MR) is 86.0 cm³/mol. The first-order valence-electron chi connectivity index (χ1n) is 5.94. The van der Waals surface area contributed by atoms with Crippen LogP contribution in [0.15, 0.2) is 51.4 Å². The molecule has 0 spiro atoms. The number of benzene rings is 2. The maximum atomic E-state index is 3.70. The van der Waals surface area contributed by atoms with Crippen LogP contribution in [0.4, 0.5) is 0 Å². The summed E-state index contributed by atoms with van der Waals surface area (Å²) >= 11 is 7.40. The molecule has 0 aliphatic heterocycles. The van der Waals surface area contributed by atoms with E-state index in [2.05, 4.69) is 89.0 Å². The van der Waals surface area contributed by atoms with E-state index in [-0.39, 0.29) is 5.41 Å². The maximum Gasteiger partial charge on any atom is 0.0230 e. The summed E-state index contributed by atoms with van der Waals surface area (Å²) in [5.41, 5.74) is 3.89. The molecule has 0 nitrogen and oxygen atoms in total.